The Bertz CT molecular complexity index is 1610. The number of alkyl halides is 3. The van der Waals surface area contributed by atoms with Gasteiger partial charge < -0.3 is 9.88 Å². The molecule has 2 heterocycles. The number of nitrogens with one attached hydrogen (secondary N) is 1. The van der Waals surface area contributed by atoms with Crippen LogP contribution in [0.15, 0.2) is 90.1 Å². The van der Waals surface area contributed by atoms with Crippen LogP contribution in [0.5, 0.6) is 0 Å². The van der Waals surface area contributed by atoms with Crippen molar-refractivity contribution in [3.05, 3.63) is 123 Å². The van der Waals surface area contributed by atoms with Crippen molar-refractivity contribution in [3.63, 3.8) is 0 Å². The molecule has 0 spiro atoms. The molecule has 0 aliphatic carbocycles. The molecule has 2 aromatic heterocycles. The van der Waals surface area contributed by atoms with Gasteiger partial charge in [0, 0.05) is 52.9 Å². The number of hydrogen-bond acceptors (Lipinski definition) is 4. The Labute approximate surface area is 261 Å². The average Bonchev–Trinajstić information content (AvgIpc) is 3.44. The summed E-state index contributed by atoms with van der Waals surface area (Å²) in [6, 6.07) is 18.1. The Morgan fingerprint density at radius 2 is 1.73 bits per heavy atom. The molecule has 2 aromatic carbocycles. The number of halogens is 4. The summed E-state index contributed by atoms with van der Waals surface area (Å²) < 4.78 is 42.8. The molecule has 1 N–H and O–H groups in total. The third kappa shape index (κ3) is 9.71. The third-order valence-corrected chi connectivity index (χ3v) is 7.21. The first-order chi connectivity index (χ1) is 21.0. The maximum Gasteiger partial charge on any atom is 0.395 e. The van der Waals surface area contributed by atoms with Crippen LogP contribution in [0.4, 0.5) is 18.9 Å². The van der Waals surface area contributed by atoms with Crippen LogP contribution in [0.2, 0.25) is 5.02 Å². The van der Waals surface area contributed by atoms with Crippen molar-refractivity contribution in [1.29, 1.82) is 0 Å². The fourth-order valence-corrected chi connectivity index (χ4v) is 4.96. The van der Waals surface area contributed by atoms with E-state index in [1.54, 1.807) is 42.8 Å². The summed E-state index contributed by atoms with van der Waals surface area (Å²) in [5.41, 5.74) is 4.53. The zero-order valence-electron chi connectivity index (χ0n) is 25.4. The molecule has 0 radical (unpaired) electrons. The summed E-state index contributed by atoms with van der Waals surface area (Å²) >= 11 is 5.96. The highest BCUT2D eigenvalue weighted by Crippen LogP contribution is 2.38. The van der Waals surface area contributed by atoms with E-state index >= 15 is 0 Å². The van der Waals surface area contributed by atoms with Crippen LogP contribution in [0, 0.1) is 0 Å². The Morgan fingerprint density at radius 3 is 2.30 bits per heavy atom. The second-order valence-corrected chi connectivity index (χ2v) is 10.8. The van der Waals surface area contributed by atoms with Gasteiger partial charge in [-0.3, -0.25) is 14.3 Å². The second kappa shape index (κ2) is 16.1. The van der Waals surface area contributed by atoms with Gasteiger partial charge in [-0.1, -0.05) is 68.3 Å². The van der Waals surface area contributed by atoms with E-state index in [0.29, 0.717) is 30.1 Å². The number of ketones is 1. The molecule has 0 fully saturated rings. The summed E-state index contributed by atoms with van der Waals surface area (Å²) in [5.74, 6) is -1.42. The lowest BCUT2D eigenvalue weighted by Crippen LogP contribution is -2.20. The van der Waals surface area contributed by atoms with E-state index < -0.39 is 12.1 Å². The Hall–Kier alpha value is -4.11. The largest absolute Gasteiger partial charge is 0.395 e. The van der Waals surface area contributed by atoms with Crippen molar-refractivity contribution in [1.82, 2.24) is 14.3 Å². The molecule has 44 heavy (non-hydrogen) atoms. The number of anilines is 1. The van der Waals surface area contributed by atoms with Crippen LogP contribution in [0.3, 0.4) is 0 Å². The van der Waals surface area contributed by atoms with E-state index in [1.165, 1.54) is 23.1 Å². The van der Waals surface area contributed by atoms with Crippen LogP contribution in [0.1, 0.15) is 68.2 Å². The van der Waals surface area contributed by atoms with E-state index in [4.69, 9.17) is 11.6 Å². The molecule has 0 saturated heterocycles. The van der Waals surface area contributed by atoms with Gasteiger partial charge in [-0.25, -0.2) is 0 Å². The highest BCUT2D eigenvalue weighted by Gasteiger charge is 2.40. The van der Waals surface area contributed by atoms with Crippen LogP contribution >= 0.6 is 11.6 Å². The fraction of sp³-hybridized carbons (Fsp3) is 0.324. The number of Topliss-reactive ketones (excluding diaryl/α,β-unsaturated/α-hetero) is 1. The quantitative estimate of drug-likeness (QED) is 0.170. The fourth-order valence-electron chi connectivity index (χ4n) is 4.78. The normalized spacial score (nSPS) is 12.3. The van der Waals surface area contributed by atoms with Gasteiger partial charge >= 0.3 is 6.18 Å². The molecule has 0 aliphatic rings. The number of carbonyl (C=O) groups is 1. The molecule has 6 nitrogen and oxygen atoms in total. The van der Waals surface area contributed by atoms with Crippen molar-refractivity contribution >= 4 is 28.6 Å². The van der Waals surface area contributed by atoms with E-state index in [1.807, 2.05) is 56.4 Å². The second-order valence-electron chi connectivity index (χ2n) is 10.4. The topological polar surface area (TPSA) is 68.9 Å². The van der Waals surface area contributed by atoms with Gasteiger partial charge in [-0.2, -0.15) is 18.3 Å². The summed E-state index contributed by atoms with van der Waals surface area (Å²) in [6.45, 7) is 6.18. The van der Waals surface area contributed by atoms with Gasteiger partial charge in [0.25, 0.3) is 5.56 Å². The van der Waals surface area contributed by atoms with Crippen LogP contribution in [-0.2, 0) is 17.9 Å². The third-order valence-electron chi connectivity index (χ3n) is 6.98. The minimum absolute atomic E-state index is 0.0561. The summed E-state index contributed by atoms with van der Waals surface area (Å²) in [7, 11) is 1.83. The first-order valence-corrected chi connectivity index (χ1v) is 14.9. The molecular formula is C34H38ClF3N4O2. The number of rotatable bonds is 11. The molecule has 0 aliphatic heterocycles. The molecule has 1 atom stereocenters. The monoisotopic (exact) mass is 626 g/mol. The number of carbonyl (C=O) groups excluding carboxylic acids is 1. The van der Waals surface area contributed by atoms with Crippen LogP contribution in [-0.4, -0.2) is 33.4 Å². The molecule has 4 rings (SSSR count). The Kier molecular flexibility index (Phi) is 12.6. The number of allylic oxidation sites excluding steroid dienone is 2. The molecule has 0 amide bonds. The summed E-state index contributed by atoms with van der Waals surface area (Å²) in [4.78, 5) is 23.4. The minimum Gasteiger partial charge on any atom is -0.388 e. The lowest BCUT2D eigenvalue weighted by atomic mass is 9.97. The maximum atomic E-state index is 13.2. The molecule has 4 aromatic rings. The van der Waals surface area contributed by atoms with Crippen LogP contribution < -0.4 is 10.9 Å². The smallest absolute Gasteiger partial charge is 0.388 e. The highest BCUT2D eigenvalue weighted by molar-refractivity contribution is 6.31. The van der Waals surface area contributed by atoms with Crippen LogP contribution in [0.25, 0.3) is 5.57 Å². The first-order valence-electron chi connectivity index (χ1n) is 14.5. The number of pyridine rings is 1. The molecule has 234 valence electrons. The molecule has 0 saturated carbocycles. The van der Waals surface area contributed by atoms with Gasteiger partial charge in [0.1, 0.15) is 0 Å². The van der Waals surface area contributed by atoms with Crippen molar-refractivity contribution in [2.75, 3.05) is 12.4 Å². The Balaban J connectivity index is 0.000000281. The van der Waals surface area contributed by atoms with Gasteiger partial charge in [0.2, 0.25) is 0 Å². The van der Waals surface area contributed by atoms with Crippen molar-refractivity contribution < 1.29 is 18.0 Å². The van der Waals surface area contributed by atoms with Crippen molar-refractivity contribution in [3.8, 4) is 0 Å². The highest BCUT2D eigenvalue weighted by atomic mass is 35.5. The van der Waals surface area contributed by atoms with Crippen molar-refractivity contribution in [2.24, 2.45) is 0 Å². The van der Waals surface area contributed by atoms with E-state index in [-0.39, 0.29) is 23.3 Å². The summed E-state index contributed by atoms with van der Waals surface area (Å²) in [6.07, 6.45) is 3.52. The first kappa shape index (κ1) is 34.4. The lowest BCUT2D eigenvalue weighted by Gasteiger charge is -2.17. The number of hydrogen-bond donors (Lipinski definition) is 1. The molecular weight excluding hydrogens is 589 g/mol. The van der Waals surface area contributed by atoms with Gasteiger partial charge in [-0.15, -0.1) is 0 Å². The number of benzene rings is 2. The summed E-state index contributed by atoms with van der Waals surface area (Å²) in [5, 5.41) is 7.80. The predicted octanol–water partition coefficient (Wildman–Crippen LogP) is 8.35. The molecule has 10 heteroatoms. The van der Waals surface area contributed by atoms with Gasteiger partial charge in [0.05, 0.1) is 25.2 Å². The minimum atomic E-state index is -4.26. The lowest BCUT2D eigenvalue weighted by molar-refractivity contribution is -0.152. The zero-order valence-corrected chi connectivity index (χ0v) is 26.1. The zero-order chi connectivity index (χ0) is 32.3. The SMILES string of the molecule is CC/C=C(\C(C)=O)c1cc(Cl)ccc1NC.CCCC(c1cnn(Cc2ccc(Cn3ccccc3=O)cc2)c1)C(F)(F)F. The molecule has 0 bridgehead atoms. The number of nitrogens with zero attached hydrogens (tertiary/aromatic N) is 3. The number of aromatic nitrogens is 3. The predicted molar refractivity (Wildman–Crippen MR) is 171 cm³/mol. The van der Waals surface area contributed by atoms with Crippen molar-refractivity contribution in [2.45, 2.75) is 65.2 Å². The van der Waals surface area contributed by atoms with E-state index in [0.717, 1.165) is 28.8 Å². The Morgan fingerprint density at radius 1 is 1.05 bits per heavy atom. The van der Waals surface area contributed by atoms with E-state index in [9.17, 15) is 22.8 Å². The van der Waals surface area contributed by atoms with Gasteiger partial charge in [0.15, 0.2) is 5.78 Å². The maximum absolute atomic E-state index is 13.2. The molecule has 1 unspecified atom stereocenters. The average molecular weight is 627 g/mol. The van der Waals surface area contributed by atoms with E-state index in [2.05, 4.69) is 10.4 Å². The standard InChI is InChI=1S/C21H22F3N3O.C13H16ClNO/c1-2-5-19(21(22,23)24)18-12-25-27(15-18)14-17-9-7-16(8-10-17)13-26-11-4-3-6-20(26)28;1-4-5-11(9(2)16)12-8-10(14)6-7-13(12)15-3/h3-4,6-12,15,19H,2,5,13-14H2,1H3;5-8,15H,4H2,1-3H3/b;11-5+. The van der Waals surface area contributed by atoms with Gasteiger partial charge in [-0.05, 0) is 55.2 Å².